The Balaban J connectivity index is 2.83. The molecule has 0 fully saturated rings. The molecule has 0 aliphatic rings. The van der Waals surface area contributed by atoms with E-state index in [4.69, 9.17) is 0 Å². The molecule has 0 saturated carbocycles. The summed E-state index contributed by atoms with van der Waals surface area (Å²) in [6.07, 6.45) is 0.325. The predicted molar refractivity (Wildman–Crippen MR) is 83.9 cm³/mol. The molecule has 124 valence electrons. The highest BCUT2D eigenvalue weighted by Crippen LogP contribution is 2.11. The molecule has 0 unspecified atom stereocenters. The molecule has 0 aromatic heterocycles. The van der Waals surface area contributed by atoms with Gasteiger partial charge in [0.05, 0.1) is 7.11 Å². The lowest BCUT2D eigenvalue weighted by molar-refractivity contribution is -0.143. The summed E-state index contributed by atoms with van der Waals surface area (Å²) in [5.41, 5.74) is 0.761. The van der Waals surface area contributed by atoms with Crippen molar-refractivity contribution in [2.75, 3.05) is 12.4 Å². The van der Waals surface area contributed by atoms with Gasteiger partial charge in [0.2, 0.25) is 5.91 Å². The van der Waals surface area contributed by atoms with Gasteiger partial charge in [-0.2, -0.15) is 0 Å². The molecule has 2 amide bonds. The number of Topliss-reactive ketones (excluding diaryl/α,β-unsaturated/α-hetero) is 1. The Morgan fingerprint density at radius 3 is 2.43 bits per heavy atom. The number of esters is 1. The van der Waals surface area contributed by atoms with Crippen LogP contribution in [0.4, 0.5) is 5.69 Å². The van der Waals surface area contributed by atoms with Crippen LogP contribution in [0.25, 0.3) is 0 Å². The van der Waals surface area contributed by atoms with Crippen LogP contribution in [0.3, 0.4) is 0 Å². The van der Waals surface area contributed by atoms with E-state index < -0.39 is 17.9 Å². The summed E-state index contributed by atoms with van der Waals surface area (Å²) in [6, 6.07) is 5.41. The summed E-state index contributed by atoms with van der Waals surface area (Å²) in [7, 11) is 1.21. The molecule has 0 spiro atoms. The number of ketones is 1. The summed E-state index contributed by atoms with van der Waals surface area (Å²) >= 11 is 0. The standard InChI is InChI=1S/C16H20N2O5/c1-10(19)7-8-14(16(22)23-3)18-15(21)12-5-4-6-13(9-12)17-11(2)20/h4-6,9,14H,7-8H2,1-3H3,(H,17,20)(H,18,21)/t14-/m0/s1. The third-order valence-corrected chi connectivity index (χ3v) is 3.02. The number of anilines is 1. The maximum absolute atomic E-state index is 12.2. The van der Waals surface area contributed by atoms with Crippen LogP contribution in [-0.4, -0.2) is 36.7 Å². The molecule has 1 rings (SSSR count). The van der Waals surface area contributed by atoms with Gasteiger partial charge < -0.3 is 20.2 Å². The molecular formula is C16H20N2O5. The number of amides is 2. The van der Waals surface area contributed by atoms with Crippen molar-refractivity contribution in [2.24, 2.45) is 0 Å². The Hall–Kier alpha value is -2.70. The number of benzene rings is 1. The van der Waals surface area contributed by atoms with E-state index in [0.29, 0.717) is 5.69 Å². The lowest BCUT2D eigenvalue weighted by Gasteiger charge is -2.16. The first-order chi connectivity index (χ1) is 10.8. The molecule has 7 nitrogen and oxygen atoms in total. The highest BCUT2D eigenvalue weighted by Gasteiger charge is 2.22. The smallest absolute Gasteiger partial charge is 0.328 e. The van der Waals surface area contributed by atoms with Crippen molar-refractivity contribution in [3.8, 4) is 0 Å². The van der Waals surface area contributed by atoms with Crippen molar-refractivity contribution < 1.29 is 23.9 Å². The zero-order valence-electron chi connectivity index (χ0n) is 13.3. The Bertz CT molecular complexity index is 612. The number of carbonyl (C=O) groups excluding carboxylic acids is 4. The van der Waals surface area contributed by atoms with Gasteiger partial charge in [0, 0.05) is 24.6 Å². The molecule has 1 aromatic carbocycles. The van der Waals surface area contributed by atoms with Crippen LogP contribution >= 0.6 is 0 Å². The summed E-state index contributed by atoms with van der Waals surface area (Å²) < 4.78 is 4.64. The Labute approximate surface area is 134 Å². The van der Waals surface area contributed by atoms with Crippen molar-refractivity contribution in [3.63, 3.8) is 0 Å². The van der Waals surface area contributed by atoms with Gasteiger partial charge in [0.15, 0.2) is 0 Å². The molecule has 0 aliphatic carbocycles. The van der Waals surface area contributed by atoms with Gasteiger partial charge in [-0.25, -0.2) is 4.79 Å². The van der Waals surface area contributed by atoms with E-state index in [-0.39, 0.29) is 30.1 Å². The summed E-state index contributed by atoms with van der Waals surface area (Å²) in [6.45, 7) is 2.77. The number of carbonyl (C=O) groups is 4. The lowest BCUT2D eigenvalue weighted by atomic mass is 10.1. The minimum atomic E-state index is -0.902. The zero-order valence-corrected chi connectivity index (χ0v) is 13.3. The van der Waals surface area contributed by atoms with Gasteiger partial charge in [-0.3, -0.25) is 9.59 Å². The molecule has 0 radical (unpaired) electrons. The first kappa shape index (κ1) is 18.3. The average Bonchev–Trinajstić information content (AvgIpc) is 2.49. The fourth-order valence-electron chi connectivity index (χ4n) is 1.92. The second-order valence-electron chi connectivity index (χ2n) is 5.05. The van der Waals surface area contributed by atoms with Crippen LogP contribution in [-0.2, 0) is 19.1 Å². The van der Waals surface area contributed by atoms with E-state index in [0.717, 1.165) is 0 Å². The van der Waals surface area contributed by atoms with Crippen molar-refractivity contribution in [2.45, 2.75) is 32.7 Å². The molecule has 1 atom stereocenters. The quantitative estimate of drug-likeness (QED) is 0.737. The number of hydrogen-bond acceptors (Lipinski definition) is 5. The largest absolute Gasteiger partial charge is 0.467 e. The molecule has 2 N–H and O–H groups in total. The van der Waals surface area contributed by atoms with E-state index in [1.807, 2.05) is 0 Å². The number of rotatable bonds is 7. The Morgan fingerprint density at radius 2 is 1.87 bits per heavy atom. The molecule has 0 heterocycles. The molecule has 1 aromatic rings. The van der Waals surface area contributed by atoms with E-state index in [9.17, 15) is 19.2 Å². The molecule has 0 bridgehead atoms. The van der Waals surface area contributed by atoms with Crippen LogP contribution in [0.15, 0.2) is 24.3 Å². The van der Waals surface area contributed by atoms with E-state index in [1.54, 1.807) is 18.2 Å². The van der Waals surface area contributed by atoms with Crippen molar-refractivity contribution in [1.29, 1.82) is 0 Å². The zero-order chi connectivity index (χ0) is 17.4. The summed E-state index contributed by atoms with van der Waals surface area (Å²) in [5, 5.41) is 5.11. The Kier molecular flexibility index (Phi) is 6.92. The molecule has 0 aliphatic heterocycles. The first-order valence-electron chi connectivity index (χ1n) is 7.09. The normalized spacial score (nSPS) is 11.3. The number of nitrogens with one attached hydrogen (secondary N) is 2. The minimum Gasteiger partial charge on any atom is -0.467 e. The second kappa shape index (κ2) is 8.67. The van der Waals surface area contributed by atoms with Gasteiger partial charge in [-0.1, -0.05) is 6.07 Å². The number of ether oxygens (including phenoxy) is 1. The SMILES string of the molecule is COC(=O)[C@H](CCC(C)=O)NC(=O)c1cccc(NC(C)=O)c1. The van der Waals surface area contributed by atoms with Gasteiger partial charge in [0.1, 0.15) is 11.8 Å². The monoisotopic (exact) mass is 320 g/mol. The first-order valence-corrected chi connectivity index (χ1v) is 7.09. The van der Waals surface area contributed by atoms with Crippen LogP contribution < -0.4 is 10.6 Å². The van der Waals surface area contributed by atoms with Crippen LogP contribution in [0.2, 0.25) is 0 Å². The number of methoxy groups -OCH3 is 1. The van der Waals surface area contributed by atoms with Crippen molar-refractivity contribution >= 4 is 29.3 Å². The third-order valence-electron chi connectivity index (χ3n) is 3.02. The third kappa shape index (κ3) is 6.29. The Morgan fingerprint density at radius 1 is 1.17 bits per heavy atom. The topological polar surface area (TPSA) is 102 Å². The predicted octanol–water partition coefficient (Wildman–Crippen LogP) is 1.29. The maximum atomic E-state index is 12.2. The van der Waals surface area contributed by atoms with Crippen LogP contribution in [0.5, 0.6) is 0 Å². The van der Waals surface area contributed by atoms with E-state index >= 15 is 0 Å². The number of hydrogen-bond donors (Lipinski definition) is 2. The maximum Gasteiger partial charge on any atom is 0.328 e. The van der Waals surface area contributed by atoms with Crippen LogP contribution in [0.1, 0.15) is 37.0 Å². The fourth-order valence-corrected chi connectivity index (χ4v) is 1.92. The minimum absolute atomic E-state index is 0.0826. The second-order valence-corrected chi connectivity index (χ2v) is 5.05. The van der Waals surface area contributed by atoms with E-state index in [1.165, 1.54) is 27.0 Å². The summed E-state index contributed by atoms with van der Waals surface area (Å²) in [4.78, 5) is 46.0. The molecule has 23 heavy (non-hydrogen) atoms. The van der Waals surface area contributed by atoms with Gasteiger partial charge in [-0.05, 0) is 31.5 Å². The van der Waals surface area contributed by atoms with E-state index in [2.05, 4.69) is 15.4 Å². The van der Waals surface area contributed by atoms with Crippen molar-refractivity contribution in [1.82, 2.24) is 5.32 Å². The molecule has 7 heteroatoms. The molecular weight excluding hydrogens is 300 g/mol. The molecule has 0 saturated heterocycles. The average molecular weight is 320 g/mol. The van der Waals surface area contributed by atoms with Crippen molar-refractivity contribution in [3.05, 3.63) is 29.8 Å². The highest BCUT2D eigenvalue weighted by atomic mass is 16.5. The highest BCUT2D eigenvalue weighted by molar-refractivity contribution is 5.98. The van der Waals surface area contributed by atoms with Gasteiger partial charge in [0.25, 0.3) is 5.91 Å². The van der Waals surface area contributed by atoms with Gasteiger partial charge in [-0.15, -0.1) is 0 Å². The van der Waals surface area contributed by atoms with Gasteiger partial charge >= 0.3 is 5.97 Å². The fraction of sp³-hybridized carbons (Fsp3) is 0.375. The van der Waals surface area contributed by atoms with Crippen LogP contribution in [0, 0.1) is 0 Å². The summed E-state index contributed by atoms with van der Waals surface area (Å²) in [5.74, 6) is -1.44. The lowest BCUT2D eigenvalue weighted by Crippen LogP contribution is -2.41.